The molecule has 0 aliphatic heterocycles. The molecule has 2 N–H and O–H groups in total. The molecule has 0 radical (unpaired) electrons. The van der Waals surface area contributed by atoms with Crippen molar-refractivity contribution in [1.29, 1.82) is 0 Å². The summed E-state index contributed by atoms with van der Waals surface area (Å²) in [5, 5.41) is 11.4. The van der Waals surface area contributed by atoms with Crippen molar-refractivity contribution < 1.29 is 4.39 Å². The molecule has 4 aromatic rings. The zero-order valence-corrected chi connectivity index (χ0v) is 11.9. The van der Waals surface area contributed by atoms with Crippen LogP contribution in [0.15, 0.2) is 42.7 Å². The van der Waals surface area contributed by atoms with Crippen LogP contribution in [-0.2, 0) is 0 Å². The molecule has 0 spiro atoms. The molecule has 0 fully saturated rings. The summed E-state index contributed by atoms with van der Waals surface area (Å²) in [6.07, 6.45) is 2.80. The van der Waals surface area contributed by atoms with Gasteiger partial charge in [-0.1, -0.05) is 11.6 Å². The molecule has 1 aromatic carbocycles. The van der Waals surface area contributed by atoms with Gasteiger partial charge >= 0.3 is 0 Å². The number of rotatable bonds is 2. The van der Waals surface area contributed by atoms with Crippen molar-refractivity contribution in [3.63, 3.8) is 0 Å². The number of benzene rings is 1. The maximum atomic E-state index is 13.9. The summed E-state index contributed by atoms with van der Waals surface area (Å²) in [5.74, 6) is 0.156. The fourth-order valence-electron chi connectivity index (χ4n) is 2.33. The Morgan fingerprint density at radius 1 is 1.14 bits per heavy atom. The first kappa shape index (κ1) is 13.0. The molecule has 3 aromatic heterocycles. The Morgan fingerprint density at radius 2 is 2.05 bits per heavy atom. The highest BCUT2D eigenvalue weighted by Crippen LogP contribution is 2.28. The van der Waals surface area contributed by atoms with Gasteiger partial charge in [-0.25, -0.2) is 9.37 Å². The van der Waals surface area contributed by atoms with Crippen molar-refractivity contribution in [2.45, 2.75) is 0 Å². The summed E-state index contributed by atoms with van der Waals surface area (Å²) < 4.78 is 13.9. The highest BCUT2D eigenvalue weighted by Gasteiger charge is 2.10. The molecule has 0 amide bonds. The highest BCUT2D eigenvalue weighted by atomic mass is 35.5. The largest absolute Gasteiger partial charge is 0.337 e. The van der Waals surface area contributed by atoms with E-state index in [1.165, 1.54) is 0 Å². The molecule has 4 rings (SSSR count). The molecule has 0 aliphatic carbocycles. The molecule has 0 unspecified atom stereocenters. The smallest absolute Gasteiger partial charge is 0.178 e. The van der Waals surface area contributed by atoms with Crippen LogP contribution >= 0.6 is 11.6 Å². The van der Waals surface area contributed by atoms with Crippen LogP contribution in [0, 0.1) is 5.82 Å². The fourth-order valence-corrected chi connectivity index (χ4v) is 2.54. The van der Waals surface area contributed by atoms with E-state index < -0.39 is 5.82 Å². The molecule has 0 bridgehead atoms. The van der Waals surface area contributed by atoms with E-state index in [-0.39, 0.29) is 5.15 Å². The van der Waals surface area contributed by atoms with Gasteiger partial charge in [-0.05, 0) is 30.3 Å². The van der Waals surface area contributed by atoms with Gasteiger partial charge in [0.25, 0.3) is 0 Å². The normalized spacial score (nSPS) is 11.2. The lowest BCUT2D eigenvalue weighted by Crippen LogP contribution is -1.93. The van der Waals surface area contributed by atoms with E-state index in [9.17, 15) is 4.39 Å². The van der Waals surface area contributed by atoms with Gasteiger partial charge in [0.1, 0.15) is 16.5 Å². The van der Waals surface area contributed by atoms with E-state index in [0.717, 1.165) is 17.2 Å². The predicted molar refractivity (Wildman–Crippen MR) is 83.9 cm³/mol. The van der Waals surface area contributed by atoms with E-state index in [0.29, 0.717) is 22.3 Å². The summed E-state index contributed by atoms with van der Waals surface area (Å²) in [6, 6.07) is 8.88. The topological polar surface area (TPSA) is 66.5 Å². The summed E-state index contributed by atoms with van der Waals surface area (Å²) in [5.41, 5.74) is 2.23. The maximum Gasteiger partial charge on any atom is 0.178 e. The Bertz CT molecular complexity index is 998. The number of aromatic amines is 1. The number of fused-ring (bicyclic) bond motifs is 2. The number of halogens is 2. The van der Waals surface area contributed by atoms with Crippen LogP contribution in [0.4, 0.5) is 15.9 Å². The van der Waals surface area contributed by atoms with Gasteiger partial charge in [0.15, 0.2) is 5.82 Å². The van der Waals surface area contributed by atoms with Gasteiger partial charge in [0, 0.05) is 22.7 Å². The van der Waals surface area contributed by atoms with E-state index in [1.54, 1.807) is 24.4 Å². The molecule has 7 heteroatoms. The van der Waals surface area contributed by atoms with Crippen LogP contribution in [0.3, 0.4) is 0 Å². The average molecular weight is 314 g/mol. The third kappa shape index (κ3) is 2.05. The Balaban J connectivity index is 1.80. The van der Waals surface area contributed by atoms with Gasteiger partial charge < -0.3 is 5.32 Å². The lowest BCUT2D eigenvalue weighted by molar-refractivity contribution is 0.634. The van der Waals surface area contributed by atoms with Crippen molar-refractivity contribution >= 4 is 44.9 Å². The van der Waals surface area contributed by atoms with Gasteiger partial charge in [0.05, 0.1) is 11.7 Å². The fraction of sp³-hybridized carbons (Fsp3) is 0. The Morgan fingerprint density at radius 3 is 2.95 bits per heavy atom. The monoisotopic (exact) mass is 313 g/mol. The maximum absolute atomic E-state index is 13.9. The van der Waals surface area contributed by atoms with Crippen LogP contribution in [0.1, 0.15) is 0 Å². The third-order valence-electron chi connectivity index (χ3n) is 3.37. The van der Waals surface area contributed by atoms with E-state index in [1.807, 2.05) is 12.1 Å². The van der Waals surface area contributed by atoms with Crippen molar-refractivity contribution in [3.8, 4) is 0 Å². The summed E-state index contributed by atoms with van der Waals surface area (Å²) >= 11 is 5.98. The zero-order chi connectivity index (χ0) is 15.1. The standard InChI is InChI=1S/C15H9ClFN5/c16-14-9-4-3-8(6-10(9)11(17)7-19-14)20-15-13-12(21-22-15)2-1-5-18-13/h1-7H,(H2,20,21,22). The highest BCUT2D eigenvalue weighted by molar-refractivity contribution is 6.34. The first-order valence-electron chi connectivity index (χ1n) is 6.52. The van der Waals surface area contributed by atoms with Crippen molar-refractivity contribution in [3.05, 3.63) is 53.7 Å². The average Bonchev–Trinajstić information content (AvgIpc) is 2.94. The number of aromatic nitrogens is 4. The minimum atomic E-state index is -0.423. The van der Waals surface area contributed by atoms with Crippen molar-refractivity contribution in [2.24, 2.45) is 0 Å². The lowest BCUT2D eigenvalue weighted by atomic mass is 10.1. The quantitative estimate of drug-likeness (QED) is 0.548. The van der Waals surface area contributed by atoms with E-state index in [4.69, 9.17) is 11.6 Å². The van der Waals surface area contributed by atoms with Gasteiger partial charge in [-0.2, -0.15) is 5.10 Å². The number of anilines is 2. The minimum absolute atomic E-state index is 0.273. The SMILES string of the molecule is Fc1cnc(Cl)c2ccc(Nc3n[nH]c4cccnc34)cc12. The first-order valence-corrected chi connectivity index (χ1v) is 6.90. The Labute approximate surface area is 129 Å². The first-order chi connectivity index (χ1) is 10.7. The summed E-state index contributed by atoms with van der Waals surface area (Å²) in [4.78, 5) is 8.07. The van der Waals surface area contributed by atoms with Crippen LogP contribution in [0.2, 0.25) is 5.15 Å². The molecule has 0 aliphatic rings. The van der Waals surface area contributed by atoms with Gasteiger partial charge in [-0.3, -0.25) is 10.1 Å². The molecule has 0 saturated carbocycles. The van der Waals surface area contributed by atoms with Gasteiger partial charge in [0.2, 0.25) is 0 Å². The number of hydrogen-bond acceptors (Lipinski definition) is 4. The number of nitrogens with one attached hydrogen (secondary N) is 2. The number of hydrogen-bond donors (Lipinski definition) is 2. The second kappa shape index (κ2) is 4.92. The second-order valence-corrected chi connectivity index (χ2v) is 5.11. The molecular formula is C15H9ClFN5. The molecule has 22 heavy (non-hydrogen) atoms. The van der Waals surface area contributed by atoms with Crippen LogP contribution in [-0.4, -0.2) is 20.2 Å². The number of H-pyrrole nitrogens is 1. The Kier molecular flexibility index (Phi) is 2.90. The van der Waals surface area contributed by atoms with Crippen LogP contribution in [0.25, 0.3) is 21.8 Å². The molecule has 5 nitrogen and oxygen atoms in total. The molecule has 0 saturated heterocycles. The summed E-state index contributed by atoms with van der Waals surface area (Å²) in [7, 11) is 0. The zero-order valence-electron chi connectivity index (χ0n) is 11.1. The predicted octanol–water partition coefficient (Wildman–Crippen LogP) is 4.04. The van der Waals surface area contributed by atoms with Crippen molar-refractivity contribution in [1.82, 2.24) is 20.2 Å². The van der Waals surface area contributed by atoms with Crippen LogP contribution in [0.5, 0.6) is 0 Å². The van der Waals surface area contributed by atoms with Crippen LogP contribution < -0.4 is 5.32 Å². The molecule has 0 atom stereocenters. The Hall–Kier alpha value is -2.73. The lowest BCUT2D eigenvalue weighted by Gasteiger charge is -2.06. The number of nitrogens with zero attached hydrogens (tertiary/aromatic N) is 3. The molecule has 3 heterocycles. The minimum Gasteiger partial charge on any atom is -0.337 e. The van der Waals surface area contributed by atoms with E-state index >= 15 is 0 Å². The van der Waals surface area contributed by atoms with E-state index in [2.05, 4.69) is 25.5 Å². The summed E-state index contributed by atoms with van der Waals surface area (Å²) in [6.45, 7) is 0. The second-order valence-electron chi connectivity index (χ2n) is 4.75. The third-order valence-corrected chi connectivity index (χ3v) is 3.67. The molecule has 108 valence electrons. The van der Waals surface area contributed by atoms with Crippen molar-refractivity contribution in [2.75, 3.05) is 5.32 Å². The molecular weight excluding hydrogens is 305 g/mol. The number of pyridine rings is 2. The van der Waals surface area contributed by atoms with Gasteiger partial charge in [-0.15, -0.1) is 0 Å².